The van der Waals surface area contributed by atoms with Crippen LogP contribution in [0, 0.1) is 5.92 Å². The summed E-state index contributed by atoms with van der Waals surface area (Å²) in [6.45, 7) is 2.22. The van der Waals surface area contributed by atoms with Crippen molar-refractivity contribution in [3.05, 3.63) is 6.20 Å². The fraction of sp³-hybridized carbons (Fsp3) is 0.706. The van der Waals surface area contributed by atoms with Gasteiger partial charge >= 0.3 is 0 Å². The van der Waals surface area contributed by atoms with E-state index < -0.39 is 0 Å². The van der Waals surface area contributed by atoms with Gasteiger partial charge in [-0.1, -0.05) is 12.8 Å². The van der Waals surface area contributed by atoms with Gasteiger partial charge in [-0.15, -0.1) is 0 Å². The first kappa shape index (κ1) is 16.8. The molecule has 2 aliphatic rings. The summed E-state index contributed by atoms with van der Waals surface area (Å²) in [6.07, 6.45) is 9.86. The van der Waals surface area contributed by atoms with E-state index in [2.05, 4.69) is 27.5 Å². The second-order valence-corrected chi connectivity index (χ2v) is 7.49. The Labute approximate surface area is 143 Å². The smallest absolute Gasteiger partial charge is 0.225 e. The lowest BCUT2D eigenvalue weighted by atomic mass is 9.85. The molecule has 24 heavy (non-hydrogen) atoms. The molecule has 0 unspecified atom stereocenters. The molecule has 1 aromatic heterocycles. The Morgan fingerprint density at radius 3 is 2.54 bits per heavy atom. The molecule has 0 spiro atoms. The first-order valence-electron chi connectivity index (χ1n) is 8.92. The fourth-order valence-electron chi connectivity index (χ4n) is 3.83. The average Bonchev–Trinajstić information content (AvgIpc) is 2.97. The van der Waals surface area contributed by atoms with Gasteiger partial charge in [0, 0.05) is 17.5 Å². The van der Waals surface area contributed by atoms with Crippen LogP contribution in [-0.4, -0.2) is 27.5 Å². The third-order valence-corrected chi connectivity index (χ3v) is 5.41. The minimum absolute atomic E-state index is 0.00494. The topological polar surface area (TPSA) is 119 Å². The molecule has 0 bridgehead atoms. The van der Waals surface area contributed by atoms with Crippen LogP contribution < -0.4 is 22.1 Å². The summed E-state index contributed by atoms with van der Waals surface area (Å²) in [7, 11) is 0. The van der Waals surface area contributed by atoms with Gasteiger partial charge in [-0.2, -0.15) is 4.98 Å². The van der Waals surface area contributed by atoms with E-state index in [4.69, 9.17) is 11.5 Å². The van der Waals surface area contributed by atoms with Crippen LogP contribution in [-0.2, 0) is 4.79 Å². The molecule has 0 atom stereocenters. The number of nitrogens with two attached hydrogens (primary N) is 2. The number of nitrogen functional groups attached to an aromatic ring is 1. The van der Waals surface area contributed by atoms with Crippen molar-refractivity contribution in [1.82, 2.24) is 9.97 Å². The summed E-state index contributed by atoms with van der Waals surface area (Å²) in [5.41, 5.74) is 12.1. The maximum absolute atomic E-state index is 11.3. The highest BCUT2D eigenvalue weighted by molar-refractivity contribution is 5.76. The second-order valence-electron chi connectivity index (χ2n) is 7.49. The van der Waals surface area contributed by atoms with E-state index in [1.54, 1.807) is 6.20 Å². The Hall–Kier alpha value is -2.05. The van der Waals surface area contributed by atoms with Crippen LogP contribution in [0.25, 0.3) is 0 Å². The maximum atomic E-state index is 11.3. The van der Waals surface area contributed by atoms with Crippen molar-refractivity contribution in [3.8, 4) is 0 Å². The van der Waals surface area contributed by atoms with Crippen molar-refractivity contribution in [3.63, 3.8) is 0 Å². The zero-order chi connectivity index (χ0) is 17.2. The molecule has 6 N–H and O–H groups in total. The van der Waals surface area contributed by atoms with Crippen molar-refractivity contribution in [2.24, 2.45) is 11.7 Å². The largest absolute Gasteiger partial charge is 0.394 e. The third kappa shape index (κ3) is 3.88. The predicted molar refractivity (Wildman–Crippen MR) is 95.5 cm³/mol. The summed E-state index contributed by atoms with van der Waals surface area (Å²) in [6, 6.07) is 0.271. The monoisotopic (exact) mass is 332 g/mol. The van der Waals surface area contributed by atoms with Crippen molar-refractivity contribution in [1.29, 1.82) is 0 Å². The van der Waals surface area contributed by atoms with Gasteiger partial charge in [-0.3, -0.25) is 4.79 Å². The molecule has 1 heterocycles. The van der Waals surface area contributed by atoms with Crippen molar-refractivity contribution >= 4 is 23.4 Å². The van der Waals surface area contributed by atoms with Crippen LogP contribution >= 0.6 is 0 Å². The number of carbonyl (C=O) groups is 1. The molecule has 0 saturated heterocycles. The standard InChI is InChI=1S/C17H28N6O/c1-17(8-2-3-9-17)23-16-20-10-13(18)15(22-16)21-12-6-4-11(5-7-12)14(19)24/h10-12H,2-9,18H2,1H3,(H2,19,24)(H2,20,21,22,23). The number of nitrogens with zero attached hydrogens (tertiary/aromatic N) is 2. The predicted octanol–water partition coefficient (Wildman–Crippen LogP) is 2.26. The van der Waals surface area contributed by atoms with Gasteiger partial charge in [0.25, 0.3) is 0 Å². The van der Waals surface area contributed by atoms with Gasteiger partial charge < -0.3 is 22.1 Å². The molecule has 2 fully saturated rings. The number of amides is 1. The molecule has 1 aromatic rings. The number of hydrogen-bond acceptors (Lipinski definition) is 6. The normalized spacial score (nSPS) is 26.0. The number of anilines is 3. The number of carbonyl (C=O) groups excluding carboxylic acids is 1. The minimum Gasteiger partial charge on any atom is -0.394 e. The molecule has 1 amide bonds. The van der Waals surface area contributed by atoms with Crippen LogP contribution in [0.1, 0.15) is 58.3 Å². The van der Waals surface area contributed by atoms with E-state index in [0.29, 0.717) is 17.5 Å². The number of aromatic nitrogens is 2. The summed E-state index contributed by atoms with van der Waals surface area (Å²) >= 11 is 0. The van der Waals surface area contributed by atoms with E-state index >= 15 is 0 Å². The van der Waals surface area contributed by atoms with Gasteiger partial charge in [0.05, 0.1) is 11.9 Å². The first-order chi connectivity index (χ1) is 11.5. The van der Waals surface area contributed by atoms with Gasteiger partial charge in [0.1, 0.15) is 0 Å². The molecular formula is C17H28N6O. The lowest BCUT2D eigenvalue weighted by Gasteiger charge is -2.29. The van der Waals surface area contributed by atoms with E-state index in [1.807, 2.05) is 0 Å². The third-order valence-electron chi connectivity index (χ3n) is 5.41. The molecule has 0 aliphatic heterocycles. The summed E-state index contributed by atoms with van der Waals surface area (Å²) in [5, 5.41) is 6.88. The average molecular weight is 332 g/mol. The van der Waals surface area contributed by atoms with Crippen LogP contribution in [0.3, 0.4) is 0 Å². The van der Waals surface area contributed by atoms with Crippen molar-refractivity contribution in [2.45, 2.75) is 69.9 Å². The van der Waals surface area contributed by atoms with Crippen LogP contribution in [0.2, 0.25) is 0 Å². The SMILES string of the molecule is CC1(Nc2ncc(N)c(NC3CCC(C(N)=O)CC3)n2)CCCC1. The highest BCUT2D eigenvalue weighted by Gasteiger charge is 2.29. The lowest BCUT2D eigenvalue weighted by Crippen LogP contribution is -2.33. The van der Waals surface area contributed by atoms with E-state index in [-0.39, 0.29) is 23.4 Å². The molecule has 7 heteroatoms. The highest BCUT2D eigenvalue weighted by Crippen LogP contribution is 2.32. The Morgan fingerprint density at radius 2 is 1.92 bits per heavy atom. The lowest BCUT2D eigenvalue weighted by molar-refractivity contribution is -0.122. The van der Waals surface area contributed by atoms with Gasteiger partial charge in [-0.05, 0) is 45.4 Å². The van der Waals surface area contributed by atoms with Crippen LogP contribution in [0.4, 0.5) is 17.5 Å². The Morgan fingerprint density at radius 1 is 1.25 bits per heavy atom. The zero-order valence-corrected chi connectivity index (χ0v) is 14.3. The summed E-state index contributed by atoms with van der Waals surface area (Å²) < 4.78 is 0. The highest BCUT2D eigenvalue weighted by atomic mass is 16.1. The van der Waals surface area contributed by atoms with Gasteiger partial charge in [0.2, 0.25) is 11.9 Å². The zero-order valence-electron chi connectivity index (χ0n) is 14.3. The number of rotatable bonds is 5. The molecule has 7 nitrogen and oxygen atoms in total. The molecule has 132 valence electrons. The van der Waals surface area contributed by atoms with Crippen molar-refractivity contribution in [2.75, 3.05) is 16.4 Å². The summed E-state index contributed by atoms with van der Waals surface area (Å²) in [4.78, 5) is 20.2. The minimum atomic E-state index is -0.189. The van der Waals surface area contributed by atoms with Gasteiger partial charge in [0.15, 0.2) is 5.82 Å². The Bertz CT molecular complexity index is 591. The molecule has 2 aliphatic carbocycles. The maximum Gasteiger partial charge on any atom is 0.225 e. The number of hydrogen-bond donors (Lipinski definition) is 4. The molecular weight excluding hydrogens is 304 g/mol. The molecule has 3 rings (SSSR count). The van der Waals surface area contributed by atoms with E-state index in [1.165, 1.54) is 12.8 Å². The van der Waals surface area contributed by atoms with E-state index in [9.17, 15) is 4.79 Å². The Balaban J connectivity index is 1.63. The molecule has 0 radical (unpaired) electrons. The molecule has 0 aromatic carbocycles. The number of nitrogens with one attached hydrogen (secondary N) is 2. The second kappa shape index (κ2) is 6.83. The molecule has 2 saturated carbocycles. The van der Waals surface area contributed by atoms with E-state index in [0.717, 1.165) is 38.5 Å². The number of primary amides is 1. The van der Waals surface area contributed by atoms with Gasteiger partial charge in [-0.25, -0.2) is 4.98 Å². The van der Waals surface area contributed by atoms with Crippen LogP contribution in [0.5, 0.6) is 0 Å². The Kier molecular flexibility index (Phi) is 4.78. The first-order valence-corrected chi connectivity index (χ1v) is 8.92. The fourth-order valence-corrected chi connectivity index (χ4v) is 3.83. The summed E-state index contributed by atoms with van der Waals surface area (Å²) in [5.74, 6) is 1.12. The quantitative estimate of drug-likeness (QED) is 0.656. The van der Waals surface area contributed by atoms with Crippen LogP contribution in [0.15, 0.2) is 6.20 Å². The van der Waals surface area contributed by atoms with Crippen molar-refractivity contribution < 1.29 is 4.79 Å².